The van der Waals surface area contributed by atoms with Gasteiger partial charge in [0.2, 0.25) is 11.8 Å². The van der Waals surface area contributed by atoms with Gasteiger partial charge < -0.3 is 14.1 Å². The minimum atomic E-state index is -3.07. The van der Waals surface area contributed by atoms with E-state index >= 15 is 0 Å². The van der Waals surface area contributed by atoms with Crippen LogP contribution in [0.2, 0.25) is 0 Å². The molecule has 7 nitrogen and oxygen atoms in total. The van der Waals surface area contributed by atoms with Crippen molar-refractivity contribution < 1.29 is 22.4 Å². The summed E-state index contributed by atoms with van der Waals surface area (Å²) in [7, 11) is -1.51. The van der Waals surface area contributed by atoms with Gasteiger partial charge in [-0.25, -0.2) is 13.4 Å². The first-order valence-corrected chi connectivity index (χ1v) is 11.1. The smallest absolute Gasteiger partial charge is 0.236 e. The lowest BCUT2D eigenvalue weighted by molar-refractivity contribution is -0.133. The Morgan fingerprint density at radius 3 is 2.92 bits per heavy atom. The number of amides is 1. The normalized spacial score (nSPS) is 18.9. The molecule has 0 bridgehead atoms. The first-order valence-electron chi connectivity index (χ1n) is 8.38. The number of ether oxygens (including phenoxy) is 1. The third-order valence-corrected chi connectivity index (χ3v) is 7.06. The van der Waals surface area contributed by atoms with Crippen molar-refractivity contribution in [3.8, 4) is 10.8 Å². The molecular formula is C17H22N2O5S2. The fraction of sp³-hybridized carbons (Fsp3) is 0.529. The number of aryl methyl sites for hydroxylation is 1. The van der Waals surface area contributed by atoms with Gasteiger partial charge in [-0.2, -0.15) is 0 Å². The molecule has 1 amide bonds. The fourth-order valence-electron chi connectivity index (χ4n) is 3.06. The summed E-state index contributed by atoms with van der Waals surface area (Å²) in [5, 5.41) is 1.94. The van der Waals surface area contributed by atoms with E-state index in [1.807, 2.05) is 17.5 Å². The van der Waals surface area contributed by atoms with Crippen molar-refractivity contribution >= 4 is 27.1 Å². The monoisotopic (exact) mass is 398 g/mol. The van der Waals surface area contributed by atoms with Crippen LogP contribution in [0.5, 0.6) is 0 Å². The van der Waals surface area contributed by atoms with Crippen molar-refractivity contribution in [1.82, 2.24) is 9.88 Å². The number of sulfone groups is 1. The van der Waals surface area contributed by atoms with Gasteiger partial charge in [-0.3, -0.25) is 4.79 Å². The molecule has 0 aliphatic carbocycles. The van der Waals surface area contributed by atoms with Gasteiger partial charge in [-0.1, -0.05) is 6.07 Å². The van der Waals surface area contributed by atoms with Gasteiger partial charge in [-0.05, 0) is 24.8 Å². The maximum absolute atomic E-state index is 12.9. The molecule has 9 heteroatoms. The number of rotatable bonds is 7. The third kappa shape index (κ3) is 4.33. The van der Waals surface area contributed by atoms with Crippen LogP contribution < -0.4 is 0 Å². The first-order chi connectivity index (χ1) is 12.4. The molecule has 0 saturated carbocycles. The van der Waals surface area contributed by atoms with Crippen molar-refractivity contribution in [2.24, 2.45) is 0 Å². The highest BCUT2D eigenvalue weighted by Crippen LogP contribution is 2.26. The summed E-state index contributed by atoms with van der Waals surface area (Å²) in [4.78, 5) is 19.8. The highest BCUT2D eigenvalue weighted by molar-refractivity contribution is 7.91. The number of nitrogens with zero attached hydrogens (tertiary/aromatic N) is 2. The molecule has 1 saturated heterocycles. The maximum atomic E-state index is 12.9. The second-order valence-corrected chi connectivity index (χ2v) is 9.49. The lowest BCUT2D eigenvalue weighted by atomic mass is 10.1. The van der Waals surface area contributed by atoms with E-state index in [1.165, 1.54) is 11.3 Å². The maximum Gasteiger partial charge on any atom is 0.236 e. The Morgan fingerprint density at radius 1 is 1.50 bits per heavy atom. The summed E-state index contributed by atoms with van der Waals surface area (Å²) < 4.78 is 34.4. The Kier molecular flexibility index (Phi) is 5.79. The number of thiophene rings is 1. The quantitative estimate of drug-likeness (QED) is 0.708. The summed E-state index contributed by atoms with van der Waals surface area (Å²) in [6, 6.07) is 3.53. The summed E-state index contributed by atoms with van der Waals surface area (Å²) in [5.41, 5.74) is 0.585. The Labute approximate surface area is 156 Å². The van der Waals surface area contributed by atoms with Crippen molar-refractivity contribution in [3.05, 3.63) is 29.0 Å². The molecule has 1 unspecified atom stereocenters. The molecule has 2 aromatic heterocycles. The van der Waals surface area contributed by atoms with Crippen molar-refractivity contribution in [2.75, 3.05) is 31.8 Å². The van der Waals surface area contributed by atoms with Crippen LogP contribution in [0.1, 0.15) is 17.9 Å². The molecule has 1 fully saturated rings. The number of carbonyl (C=O) groups excluding carboxylic acids is 1. The number of methoxy groups -OCH3 is 1. The van der Waals surface area contributed by atoms with Gasteiger partial charge in [0.05, 0.1) is 35.1 Å². The van der Waals surface area contributed by atoms with Gasteiger partial charge >= 0.3 is 0 Å². The van der Waals surface area contributed by atoms with E-state index in [4.69, 9.17) is 9.15 Å². The minimum Gasteiger partial charge on any atom is -0.440 e. The van der Waals surface area contributed by atoms with E-state index in [9.17, 15) is 13.2 Å². The van der Waals surface area contributed by atoms with Crippen LogP contribution >= 0.6 is 11.3 Å². The van der Waals surface area contributed by atoms with Crippen LogP contribution in [0.25, 0.3) is 10.8 Å². The molecule has 0 radical (unpaired) electrons. The second-order valence-electron chi connectivity index (χ2n) is 6.31. The van der Waals surface area contributed by atoms with E-state index in [-0.39, 0.29) is 29.9 Å². The van der Waals surface area contributed by atoms with Gasteiger partial charge in [0.15, 0.2) is 9.84 Å². The van der Waals surface area contributed by atoms with Gasteiger partial charge in [0.1, 0.15) is 5.76 Å². The summed E-state index contributed by atoms with van der Waals surface area (Å²) in [6.07, 6.45) is 0.553. The predicted molar refractivity (Wildman–Crippen MR) is 98.9 cm³/mol. The van der Waals surface area contributed by atoms with Crippen LogP contribution in [0.3, 0.4) is 0 Å². The van der Waals surface area contributed by atoms with Crippen molar-refractivity contribution in [1.29, 1.82) is 0 Å². The standard InChI is InChI=1S/C17H22N2O5S2/c1-12-14(18-17(24-12)15-4-3-8-25-15)10-16(20)19(6-7-23-2)13-5-9-26(21,22)11-13/h3-4,8,13H,5-7,9-11H2,1-2H3. The van der Waals surface area contributed by atoms with Gasteiger partial charge in [0.25, 0.3) is 0 Å². The van der Waals surface area contributed by atoms with Crippen LogP contribution in [0.4, 0.5) is 0 Å². The summed E-state index contributed by atoms with van der Waals surface area (Å²) in [5.74, 6) is 1.10. The number of carbonyl (C=O) groups is 1. The van der Waals surface area contributed by atoms with Crippen LogP contribution in [0.15, 0.2) is 21.9 Å². The molecule has 3 heterocycles. The highest BCUT2D eigenvalue weighted by atomic mass is 32.2. The van der Waals surface area contributed by atoms with Crippen LogP contribution in [0, 0.1) is 6.92 Å². The van der Waals surface area contributed by atoms with Gasteiger partial charge in [0, 0.05) is 19.7 Å². The number of oxazole rings is 1. The Bertz CT molecular complexity index is 858. The highest BCUT2D eigenvalue weighted by Gasteiger charge is 2.34. The van der Waals surface area contributed by atoms with E-state index in [0.717, 1.165) is 4.88 Å². The Hall–Kier alpha value is -1.71. The van der Waals surface area contributed by atoms with Crippen LogP contribution in [-0.4, -0.2) is 62.0 Å². The number of aromatic nitrogens is 1. The molecule has 1 atom stereocenters. The molecule has 0 spiro atoms. The topological polar surface area (TPSA) is 89.7 Å². The Balaban J connectivity index is 1.75. The van der Waals surface area contributed by atoms with E-state index in [2.05, 4.69) is 4.98 Å². The molecule has 142 valence electrons. The second kappa shape index (κ2) is 7.89. The molecule has 2 aromatic rings. The van der Waals surface area contributed by atoms with E-state index < -0.39 is 9.84 Å². The average Bonchev–Trinajstić information content (AvgIpc) is 3.29. The summed E-state index contributed by atoms with van der Waals surface area (Å²) >= 11 is 1.52. The van der Waals surface area contributed by atoms with E-state index in [0.29, 0.717) is 36.9 Å². The van der Waals surface area contributed by atoms with Crippen LogP contribution in [-0.2, 0) is 25.8 Å². The molecule has 1 aliphatic rings. The fourth-order valence-corrected chi connectivity index (χ4v) is 5.44. The molecule has 26 heavy (non-hydrogen) atoms. The van der Waals surface area contributed by atoms with Crippen molar-refractivity contribution in [3.63, 3.8) is 0 Å². The third-order valence-electron chi connectivity index (χ3n) is 4.45. The first kappa shape index (κ1) is 19.1. The molecule has 0 N–H and O–H groups in total. The predicted octanol–water partition coefficient (Wildman–Crippen LogP) is 1.92. The zero-order valence-electron chi connectivity index (χ0n) is 14.8. The zero-order chi connectivity index (χ0) is 18.7. The average molecular weight is 399 g/mol. The molecular weight excluding hydrogens is 376 g/mol. The van der Waals surface area contributed by atoms with Gasteiger partial charge in [-0.15, -0.1) is 11.3 Å². The number of hydrogen-bond donors (Lipinski definition) is 0. The SMILES string of the molecule is COCCN(C(=O)Cc1nc(-c2cccs2)oc1C)C1CCS(=O)(=O)C1. The minimum absolute atomic E-state index is 0.0146. The van der Waals surface area contributed by atoms with E-state index in [1.54, 1.807) is 18.9 Å². The molecule has 3 rings (SSSR count). The number of hydrogen-bond acceptors (Lipinski definition) is 7. The largest absolute Gasteiger partial charge is 0.440 e. The molecule has 0 aromatic carbocycles. The lowest BCUT2D eigenvalue weighted by Gasteiger charge is -2.28. The summed E-state index contributed by atoms with van der Waals surface area (Å²) in [6.45, 7) is 2.51. The molecule has 1 aliphatic heterocycles. The lowest BCUT2D eigenvalue weighted by Crippen LogP contribution is -2.43. The Morgan fingerprint density at radius 2 is 2.31 bits per heavy atom. The zero-order valence-corrected chi connectivity index (χ0v) is 16.4. The van der Waals surface area contributed by atoms with Crippen molar-refractivity contribution in [2.45, 2.75) is 25.8 Å².